The van der Waals surface area contributed by atoms with Crippen LogP contribution in [0, 0.1) is 0 Å². The molecule has 1 aliphatic heterocycles. The summed E-state index contributed by atoms with van der Waals surface area (Å²) in [5.41, 5.74) is 3.00. The molecule has 3 aromatic rings. The van der Waals surface area contributed by atoms with Crippen molar-refractivity contribution in [3.8, 4) is 16.9 Å². The van der Waals surface area contributed by atoms with E-state index in [9.17, 15) is 9.59 Å². The number of esters is 2. The first-order valence-corrected chi connectivity index (χ1v) is 10.9. The summed E-state index contributed by atoms with van der Waals surface area (Å²) in [5, 5.41) is 4.74. The number of carbonyl (C=O) groups excluding carboxylic acids is 2. The number of para-hydroxylation sites is 1. The third-order valence-electron chi connectivity index (χ3n) is 5.92. The van der Waals surface area contributed by atoms with Crippen molar-refractivity contribution in [3.63, 3.8) is 0 Å². The van der Waals surface area contributed by atoms with Crippen molar-refractivity contribution in [1.82, 2.24) is 19.6 Å². The number of hydrogen-bond acceptors (Lipinski definition) is 7. The summed E-state index contributed by atoms with van der Waals surface area (Å²) in [5.74, 6) is -1.29. The van der Waals surface area contributed by atoms with Crippen molar-refractivity contribution in [2.75, 3.05) is 47.4 Å². The lowest BCUT2D eigenvalue weighted by atomic mass is 9.99. The summed E-state index contributed by atoms with van der Waals surface area (Å²) in [6.07, 6.45) is 0. The molecule has 0 N–H and O–H groups in total. The molecule has 4 rings (SSSR count). The number of ether oxygens (including phenoxy) is 2. The van der Waals surface area contributed by atoms with E-state index < -0.39 is 11.9 Å². The van der Waals surface area contributed by atoms with Crippen LogP contribution in [0.25, 0.3) is 16.9 Å². The minimum Gasteiger partial charge on any atom is -0.465 e. The van der Waals surface area contributed by atoms with Crippen LogP contribution in [0.3, 0.4) is 0 Å². The highest BCUT2D eigenvalue weighted by Crippen LogP contribution is 2.32. The van der Waals surface area contributed by atoms with Gasteiger partial charge in [-0.05, 0) is 24.7 Å². The summed E-state index contributed by atoms with van der Waals surface area (Å²) in [6.45, 7) is 4.65. The molecule has 2 aromatic carbocycles. The molecule has 0 aliphatic carbocycles. The molecule has 1 aromatic heterocycles. The van der Waals surface area contributed by atoms with Crippen LogP contribution >= 0.6 is 0 Å². The molecule has 0 radical (unpaired) electrons. The second kappa shape index (κ2) is 9.97. The maximum atomic E-state index is 12.9. The lowest BCUT2D eigenvalue weighted by Crippen LogP contribution is -2.43. The monoisotopic (exact) mass is 448 g/mol. The second-order valence-electron chi connectivity index (χ2n) is 8.04. The van der Waals surface area contributed by atoms with E-state index in [1.165, 1.54) is 18.9 Å². The van der Waals surface area contributed by atoms with Gasteiger partial charge in [0.1, 0.15) is 11.3 Å². The quantitative estimate of drug-likeness (QED) is 0.537. The molecule has 0 unspecified atom stereocenters. The molecule has 33 heavy (non-hydrogen) atoms. The zero-order valence-electron chi connectivity index (χ0n) is 19.2. The molecule has 1 aliphatic rings. The van der Waals surface area contributed by atoms with E-state index in [0.29, 0.717) is 11.4 Å². The first kappa shape index (κ1) is 22.7. The number of hydrogen-bond donors (Lipinski definition) is 0. The summed E-state index contributed by atoms with van der Waals surface area (Å²) in [7, 11) is 4.70. The molecule has 0 atom stereocenters. The average molecular weight is 449 g/mol. The van der Waals surface area contributed by atoms with Crippen LogP contribution in [-0.2, 0) is 16.0 Å². The lowest BCUT2D eigenvalue weighted by molar-refractivity contribution is 0.0549. The Hall–Kier alpha value is -3.49. The zero-order chi connectivity index (χ0) is 23.4. The van der Waals surface area contributed by atoms with Gasteiger partial charge in [-0.2, -0.15) is 5.10 Å². The minimum absolute atomic E-state index is 0.0416. The van der Waals surface area contributed by atoms with Gasteiger partial charge >= 0.3 is 11.9 Å². The van der Waals surface area contributed by atoms with Crippen LogP contribution < -0.4 is 0 Å². The Bertz CT molecular complexity index is 1130. The van der Waals surface area contributed by atoms with Crippen molar-refractivity contribution in [2.24, 2.45) is 0 Å². The molecule has 8 nitrogen and oxygen atoms in total. The minimum atomic E-state index is -0.658. The summed E-state index contributed by atoms with van der Waals surface area (Å²) in [4.78, 5) is 30.4. The van der Waals surface area contributed by atoms with E-state index in [4.69, 9.17) is 14.6 Å². The predicted molar refractivity (Wildman–Crippen MR) is 124 cm³/mol. The molecule has 0 spiro atoms. The Morgan fingerprint density at radius 3 is 2.18 bits per heavy atom. The SMILES string of the molecule is COC(=O)c1c(-c2ccccc2CN2CCN(C)CC2)nn(-c2ccccc2)c1C(=O)OC. The van der Waals surface area contributed by atoms with Crippen LogP contribution in [-0.4, -0.2) is 79.0 Å². The molecular weight excluding hydrogens is 420 g/mol. The summed E-state index contributed by atoms with van der Waals surface area (Å²) >= 11 is 0. The van der Waals surface area contributed by atoms with E-state index in [1.54, 1.807) is 0 Å². The van der Waals surface area contributed by atoms with Crippen LogP contribution in [0.5, 0.6) is 0 Å². The standard InChI is InChI=1S/C25H28N4O4/c1-27-13-15-28(16-14-27)17-18-9-7-8-12-20(18)22-21(24(30)32-2)23(25(31)33-3)29(26-22)19-10-5-4-6-11-19/h4-12H,13-17H2,1-3H3. The molecule has 1 fully saturated rings. The molecule has 0 bridgehead atoms. The van der Waals surface area contributed by atoms with Gasteiger partial charge in [0.15, 0.2) is 5.69 Å². The van der Waals surface area contributed by atoms with Crippen LogP contribution in [0.2, 0.25) is 0 Å². The number of rotatable bonds is 6. The zero-order valence-corrected chi connectivity index (χ0v) is 19.2. The number of piperazine rings is 1. The third-order valence-corrected chi connectivity index (χ3v) is 5.92. The topological polar surface area (TPSA) is 76.9 Å². The summed E-state index contributed by atoms with van der Waals surface area (Å²) in [6, 6.07) is 17.0. The van der Waals surface area contributed by atoms with E-state index in [-0.39, 0.29) is 11.3 Å². The third kappa shape index (κ3) is 4.67. The Labute approximate surface area is 193 Å². The highest BCUT2D eigenvalue weighted by atomic mass is 16.5. The maximum Gasteiger partial charge on any atom is 0.357 e. The van der Waals surface area contributed by atoms with Crippen molar-refractivity contribution >= 4 is 11.9 Å². The van der Waals surface area contributed by atoms with Crippen molar-refractivity contribution < 1.29 is 19.1 Å². The smallest absolute Gasteiger partial charge is 0.357 e. The molecule has 1 saturated heterocycles. The highest BCUT2D eigenvalue weighted by Gasteiger charge is 2.32. The van der Waals surface area contributed by atoms with Crippen LogP contribution in [0.4, 0.5) is 0 Å². The fourth-order valence-electron chi connectivity index (χ4n) is 4.08. The highest BCUT2D eigenvalue weighted by molar-refractivity contribution is 6.07. The first-order chi connectivity index (χ1) is 16.0. The molecule has 0 saturated carbocycles. The van der Waals surface area contributed by atoms with Gasteiger partial charge in [-0.1, -0.05) is 42.5 Å². The van der Waals surface area contributed by atoms with Gasteiger partial charge in [0.05, 0.1) is 19.9 Å². The Kier molecular flexibility index (Phi) is 6.86. The normalized spacial score (nSPS) is 14.8. The Morgan fingerprint density at radius 2 is 1.52 bits per heavy atom. The number of aromatic nitrogens is 2. The van der Waals surface area contributed by atoms with Crippen LogP contribution in [0.1, 0.15) is 26.4 Å². The van der Waals surface area contributed by atoms with E-state index in [0.717, 1.165) is 43.9 Å². The number of likely N-dealkylation sites (N-methyl/N-ethyl adjacent to an activating group) is 1. The predicted octanol–water partition coefficient (Wildman–Crippen LogP) is 2.86. The van der Waals surface area contributed by atoms with Crippen molar-refractivity contribution in [3.05, 3.63) is 71.4 Å². The van der Waals surface area contributed by atoms with E-state index in [2.05, 4.69) is 16.8 Å². The van der Waals surface area contributed by atoms with Gasteiger partial charge in [0.25, 0.3) is 0 Å². The second-order valence-corrected chi connectivity index (χ2v) is 8.04. The lowest BCUT2D eigenvalue weighted by Gasteiger charge is -2.32. The number of nitrogens with zero attached hydrogens (tertiary/aromatic N) is 4. The Balaban J connectivity index is 1.87. The molecular formula is C25H28N4O4. The Morgan fingerprint density at radius 1 is 0.879 bits per heavy atom. The van der Waals surface area contributed by atoms with Gasteiger partial charge in [-0.3, -0.25) is 4.90 Å². The molecule has 8 heteroatoms. The molecule has 172 valence electrons. The fraction of sp³-hybridized carbons (Fsp3) is 0.320. The molecule has 0 amide bonds. The van der Waals surface area contributed by atoms with Crippen molar-refractivity contribution in [2.45, 2.75) is 6.54 Å². The fourth-order valence-corrected chi connectivity index (χ4v) is 4.08. The van der Waals surface area contributed by atoms with Gasteiger partial charge in [-0.25, -0.2) is 14.3 Å². The largest absolute Gasteiger partial charge is 0.465 e. The number of carbonyl (C=O) groups is 2. The molecule has 2 heterocycles. The number of methoxy groups -OCH3 is 2. The van der Waals surface area contributed by atoms with E-state index >= 15 is 0 Å². The van der Waals surface area contributed by atoms with Gasteiger partial charge in [0.2, 0.25) is 0 Å². The van der Waals surface area contributed by atoms with Gasteiger partial charge in [0, 0.05) is 38.3 Å². The summed E-state index contributed by atoms with van der Waals surface area (Å²) < 4.78 is 11.6. The van der Waals surface area contributed by atoms with Crippen LogP contribution in [0.15, 0.2) is 54.6 Å². The average Bonchev–Trinajstić information content (AvgIpc) is 3.26. The maximum absolute atomic E-state index is 12.9. The van der Waals surface area contributed by atoms with Crippen molar-refractivity contribution in [1.29, 1.82) is 0 Å². The first-order valence-electron chi connectivity index (χ1n) is 10.9. The van der Waals surface area contributed by atoms with E-state index in [1.807, 2.05) is 54.6 Å². The van der Waals surface area contributed by atoms with Gasteiger partial charge in [-0.15, -0.1) is 0 Å². The number of benzene rings is 2. The van der Waals surface area contributed by atoms with Gasteiger partial charge < -0.3 is 14.4 Å².